The van der Waals surface area contributed by atoms with Crippen LogP contribution in [0.3, 0.4) is 0 Å². The molecule has 0 radical (unpaired) electrons. The minimum absolute atomic E-state index is 0.0354. The van der Waals surface area contributed by atoms with Crippen molar-refractivity contribution >= 4 is 0 Å². The van der Waals surface area contributed by atoms with Crippen molar-refractivity contribution in [1.82, 2.24) is 5.32 Å². The van der Waals surface area contributed by atoms with Gasteiger partial charge in [-0.25, -0.2) is 0 Å². The molecule has 1 saturated carbocycles. The molecule has 1 aliphatic carbocycles. The molecular formula is C11H21NO. The van der Waals surface area contributed by atoms with Crippen molar-refractivity contribution in [3.63, 3.8) is 0 Å². The summed E-state index contributed by atoms with van der Waals surface area (Å²) in [5, 5.41) is 13.4. The average Bonchev–Trinajstić information content (AvgIpc) is 2.61. The summed E-state index contributed by atoms with van der Waals surface area (Å²) < 4.78 is 0. The van der Waals surface area contributed by atoms with Crippen LogP contribution >= 0.6 is 0 Å². The number of aliphatic hydroxyl groups is 1. The molecule has 76 valence electrons. The molecule has 0 aromatic rings. The van der Waals surface area contributed by atoms with Crippen molar-refractivity contribution in [2.24, 2.45) is 11.8 Å². The Morgan fingerprint density at radius 3 is 2.77 bits per heavy atom. The van der Waals surface area contributed by atoms with Gasteiger partial charge in [-0.15, -0.1) is 0 Å². The zero-order chi connectivity index (χ0) is 9.26. The third kappa shape index (κ3) is 2.05. The monoisotopic (exact) mass is 183 g/mol. The Kier molecular flexibility index (Phi) is 2.89. The van der Waals surface area contributed by atoms with Crippen LogP contribution < -0.4 is 5.32 Å². The number of rotatable bonds is 1. The van der Waals surface area contributed by atoms with E-state index in [1.165, 1.54) is 25.7 Å². The second-order valence-electron chi connectivity index (χ2n) is 4.85. The first-order valence-electron chi connectivity index (χ1n) is 5.69. The van der Waals surface area contributed by atoms with Crippen LogP contribution in [0, 0.1) is 11.8 Å². The van der Waals surface area contributed by atoms with E-state index in [9.17, 15) is 5.11 Å². The summed E-state index contributed by atoms with van der Waals surface area (Å²) in [5.74, 6) is 1.35. The lowest BCUT2D eigenvalue weighted by atomic mass is 9.76. The van der Waals surface area contributed by atoms with Gasteiger partial charge in [0.1, 0.15) is 0 Å². The van der Waals surface area contributed by atoms with Gasteiger partial charge >= 0.3 is 0 Å². The molecule has 2 aliphatic rings. The van der Waals surface area contributed by atoms with E-state index in [-0.39, 0.29) is 6.10 Å². The molecule has 0 amide bonds. The van der Waals surface area contributed by atoms with Crippen LogP contribution in [-0.2, 0) is 0 Å². The molecule has 2 nitrogen and oxygen atoms in total. The van der Waals surface area contributed by atoms with Gasteiger partial charge in [0.25, 0.3) is 0 Å². The van der Waals surface area contributed by atoms with E-state index in [4.69, 9.17) is 0 Å². The summed E-state index contributed by atoms with van der Waals surface area (Å²) in [6, 6.07) is 0.609. The lowest BCUT2D eigenvalue weighted by Gasteiger charge is -2.35. The average molecular weight is 183 g/mol. The Morgan fingerprint density at radius 1 is 1.23 bits per heavy atom. The summed E-state index contributed by atoms with van der Waals surface area (Å²) in [5.41, 5.74) is 0. The largest absolute Gasteiger partial charge is 0.393 e. The molecule has 2 rings (SSSR count). The van der Waals surface area contributed by atoms with E-state index in [0.29, 0.717) is 12.0 Å². The Labute approximate surface area is 80.7 Å². The minimum atomic E-state index is -0.0354. The highest BCUT2D eigenvalue weighted by molar-refractivity contribution is 4.89. The molecule has 2 fully saturated rings. The molecule has 0 bridgehead atoms. The second kappa shape index (κ2) is 3.97. The van der Waals surface area contributed by atoms with E-state index >= 15 is 0 Å². The Hall–Kier alpha value is -0.0800. The Bertz CT molecular complexity index is 165. The lowest BCUT2D eigenvalue weighted by molar-refractivity contribution is 0.0348. The van der Waals surface area contributed by atoms with Crippen molar-refractivity contribution in [2.45, 2.75) is 51.2 Å². The van der Waals surface area contributed by atoms with Crippen molar-refractivity contribution in [1.29, 1.82) is 0 Å². The summed E-state index contributed by atoms with van der Waals surface area (Å²) in [6.45, 7) is 3.47. The summed E-state index contributed by atoms with van der Waals surface area (Å²) in [7, 11) is 0. The first-order chi connectivity index (χ1) is 6.27. The van der Waals surface area contributed by atoms with Gasteiger partial charge in [0.05, 0.1) is 6.10 Å². The molecule has 1 aliphatic heterocycles. The van der Waals surface area contributed by atoms with Crippen molar-refractivity contribution in [3.05, 3.63) is 0 Å². The van der Waals surface area contributed by atoms with Crippen LogP contribution in [0.15, 0.2) is 0 Å². The molecule has 2 N–H and O–H groups in total. The van der Waals surface area contributed by atoms with Gasteiger partial charge < -0.3 is 10.4 Å². The molecular weight excluding hydrogens is 162 g/mol. The van der Waals surface area contributed by atoms with Gasteiger partial charge in [0, 0.05) is 12.0 Å². The zero-order valence-electron chi connectivity index (χ0n) is 8.50. The Balaban J connectivity index is 1.94. The highest BCUT2D eigenvalue weighted by atomic mass is 16.3. The number of hydrogen-bond donors (Lipinski definition) is 2. The number of aliphatic hydroxyl groups excluding tert-OH is 1. The Morgan fingerprint density at radius 2 is 2.08 bits per heavy atom. The van der Waals surface area contributed by atoms with Gasteiger partial charge in [0.2, 0.25) is 0 Å². The highest BCUT2D eigenvalue weighted by Gasteiger charge is 2.34. The quantitative estimate of drug-likeness (QED) is 0.646. The van der Waals surface area contributed by atoms with Gasteiger partial charge in [0.15, 0.2) is 0 Å². The van der Waals surface area contributed by atoms with E-state index < -0.39 is 0 Å². The van der Waals surface area contributed by atoms with Crippen LogP contribution in [0.2, 0.25) is 0 Å². The lowest BCUT2D eigenvalue weighted by Crippen LogP contribution is -2.41. The molecule has 0 spiro atoms. The predicted molar refractivity (Wildman–Crippen MR) is 53.5 cm³/mol. The van der Waals surface area contributed by atoms with E-state index in [2.05, 4.69) is 12.2 Å². The smallest absolute Gasteiger partial charge is 0.0583 e. The maximum absolute atomic E-state index is 9.91. The molecule has 1 heterocycles. The molecule has 1 saturated heterocycles. The maximum Gasteiger partial charge on any atom is 0.0583 e. The highest BCUT2D eigenvalue weighted by Crippen LogP contribution is 2.33. The summed E-state index contributed by atoms with van der Waals surface area (Å²) in [6.07, 6.45) is 5.98. The first kappa shape index (κ1) is 9.47. The maximum atomic E-state index is 9.91. The molecule has 13 heavy (non-hydrogen) atoms. The fourth-order valence-electron chi connectivity index (χ4n) is 2.92. The van der Waals surface area contributed by atoms with Gasteiger partial charge in [-0.2, -0.15) is 0 Å². The number of hydrogen-bond acceptors (Lipinski definition) is 2. The third-order valence-corrected chi connectivity index (χ3v) is 3.74. The van der Waals surface area contributed by atoms with Crippen LogP contribution in [0.25, 0.3) is 0 Å². The zero-order valence-corrected chi connectivity index (χ0v) is 8.50. The van der Waals surface area contributed by atoms with Crippen molar-refractivity contribution in [2.75, 3.05) is 6.54 Å². The van der Waals surface area contributed by atoms with Crippen molar-refractivity contribution in [3.8, 4) is 0 Å². The SMILES string of the molecule is CC1CCC(O)C(C2CCCN2)C1. The van der Waals surface area contributed by atoms with Gasteiger partial charge in [-0.1, -0.05) is 6.92 Å². The van der Waals surface area contributed by atoms with E-state index in [1.54, 1.807) is 0 Å². The van der Waals surface area contributed by atoms with Crippen molar-refractivity contribution < 1.29 is 5.11 Å². The van der Waals surface area contributed by atoms with Crippen LogP contribution in [-0.4, -0.2) is 23.8 Å². The molecule has 0 aromatic heterocycles. The standard InChI is InChI=1S/C11H21NO/c1-8-4-5-11(13)9(7-8)10-3-2-6-12-10/h8-13H,2-7H2,1H3. The second-order valence-corrected chi connectivity index (χ2v) is 4.85. The first-order valence-corrected chi connectivity index (χ1v) is 5.69. The van der Waals surface area contributed by atoms with Gasteiger partial charge in [-0.05, 0) is 44.6 Å². The predicted octanol–water partition coefficient (Wildman–Crippen LogP) is 1.54. The van der Waals surface area contributed by atoms with Crippen LogP contribution in [0.1, 0.15) is 39.0 Å². The third-order valence-electron chi connectivity index (χ3n) is 3.74. The normalized spacial score (nSPS) is 46.6. The van der Waals surface area contributed by atoms with Crippen LogP contribution in [0.5, 0.6) is 0 Å². The number of nitrogens with one attached hydrogen (secondary N) is 1. The fourth-order valence-corrected chi connectivity index (χ4v) is 2.92. The van der Waals surface area contributed by atoms with E-state index in [1.807, 2.05) is 0 Å². The summed E-state index contributed by atoms with van der Waals surface area (Å²) in [4.78, 5) is 0. The fraction of sp³-hybridized carbons (Fsp3) is 1.00. The molecule has 4 unspecified atom stereocenters. The van der Waals surface area contributed by atoms with Crippen LogP contribution in [0.4, 0.5) is 0 Å². The van der Waals surface area contributed by atoms with Gasteiger partial charge in [-0.3, -0.25) is 0 Å². The molecule has 0 aromatic carbocycles. The molecule has 4 atom stereocenters. The van der Waals surface area contributed by atoms with E-state index in [0.717, 1.165) is 18.9 Å². The topological polar surface area (TPSA) is 32.3 Å². The minimum Gasteiger partial charge on any atom is -0.393 e. The summed E-state index contributed by atoms with van der Waals surface area (Å²) >= 11 is 0. The molecule has 2 heteroatoms.